The van der Waals surface area contributed by atoms with Crippen LogP contribution in [-0.2, 0) is 8.16 Å². The number of rotatable bonds is 8. The van der Waals surface area contributed by atoms with Crippen molar-refractivity contribution < 1.29 is 18.4 Å². The fourth-order valence-electron chi connectivity index (χ4n) is 6.84. The summed E-state index contributed by atoms with van der Waals surface area (Å²) in [7, 11) is 0. The molecule has 0 spiro atoms. The molecule has 2 aliphatic heterocycles. The third kappa shape index (κ3) is 7.05. The predicted octanol–water partition coefficient (Wildman–Crippen LogP) is 10.9. The van der Waals surface area contributed by atoms with Gasteiger partial charge in [0.15, 0.2) is 12.6 Å². The molecule has 2 aliphatic rings. The summed E-state index contributed by atoms with van der Waals surface area (Å²) < 4.78 is 32.0. The fraction of sp³-hybridized carbons (Fsp3) is 0.200. The molecule has 0 radical (unpaired) electrons. The van der Waals surface area contributed by atoms with Crippen molar-refractivity contribution in [3.8, 4) is 11.4 Å². The van der Waals surface area contributed by atoms with Crippen molar-refractivity contribution in [2.45, 2.75) is 22.0 Å². The van der Waals surface area contributed by atoms with Gasteiger partial charge in [0.05, 0.1) is 23.8 Å². The van der Waals surface area contributed by atoms with Crippen LogP contribution in [0, 0.1) is 25.5 Å². The van der Waals surface area contributed by atoms with Crippen molar-refractivity contribution in [3.63, 3.8) is 0 Å². The molecule has 54 heavy (non-hydrogen) atoms. The van der Waals surface area contributed by atoms with E-state index in [1.165, 1.54) is 12.1 Å². The highest BCUT2D eigenvalue weighted by molar-refractivity contribution is 8.21. The molecule has 4 heterocycles. The lowest BCUT2D eigenvalue weighted by Crippen LogP contribution is -2.21. The number of carbonyl (C=O) groups is 2. The minimum Gasteiger partial charge on any atom is -0.296 e. The molecule has 2 saturated heterocycles. The second kappa shape index (κ2) is 16.3. The Labute approximate surface area is 338 Å². The van der Waals surface area contributed by atoms with Crippen molar-refractivity contribution >= 4 is 82.8 Å². The van der Waals surface area contributed by atoms with Crippen LogP contribution in [0.5, 0.6) is 0 Å². The molecule has 0 unspecified atom stereocenters. The van der Waals surface area contributed by atoms with Crippen LogP contribution in [0.2, 0.25) is 10.0 Å². The number of imidazole rings is 2. The van der Waals surface area contributed by atoms with Crippen molar-refractivity contribution in [3.05, 3.63) is 164 Å². The van der Waals surface area contributed by atoms with E-state index in [2.05, 4.69) is 9.97 Å². The largest absolute Gasteiger partial charge is 0.296 e. The first-order valence-electron chi connectivity index (χ1n) is 16.8. The molecule has 0 aliphatic carbocycles. The van der Waals surface area contributed by atoms with Crippen molar-refractivity contribution in [2.75, 3.05) is 23.0 Å². The normalized spacial score (nSPS) is 15.8. The summed E-state index contributed by atoms with van der Waals surface area (Å²) in [5, 5.41) is 1.14. The molecule has 2 aromatic heterocycles. The summed E-state index contributed by atoms with van der Waals surface area (Å²) in [4.78, 5) is 31.7. The van der Waals surface area contributed by atoms with E-state index in [1.807, 2.05) is 62.4 Å². The van der Waals surface area contributed by atoms with Gasteiger partial charge in [0.1, 0.15) is 42.8 Å². The second-order valence-electron chi connectivity index (χ2n) is 12.3. The minimum absolute atomic E-state index is 0.247. The van der Waals surface area contributed by atoms with E-state index in [4.69, 9.17) is 23.2 Å². The predicted molar refractivity (Wildman–Crippen MR) is 222 cm³/mol. The van der Waals surface area contributed by atoms with Crippen LogP contribution >= 0.6 is 70.2 Å². The Hall–Kier alpha value is -3.52. The van der Waals surface area contributed by atoms with Gasteiger partial charge in [-0.3, -0.25) is 18.7 Å². The van der Waals surface area contributed by atoms with Crippen molar-refractivity contribution in [1.82, 2.24) is 19.1 Å². The number of hydrogen-bond acceptors (Lipinski definition) is 8. The second-order valence-corrected chi connectivity index (χ2v) is 18.9. The lowest BCUT2D eigenvalue weighted by Gasteiger charge is -2.31. The van der Waals surface area contributed by atoms with Crippen LogP contribution in [0.1, 0.15) is 54.9 Å². The summed E-state index contributed by atoms with van der Waals surface area (Å²) in [5.41, 5.74) is 5.47. The number of halogens is 4. The lowest BCUT2D eigenvalue weighted by molar-refractivity contribution is 0.111. The van der Waals surface area contributed by atoms with E-state index < -0.39 is 8.16 Å². The maximum atomic E-state index is 14.8. The molecule has 276 valence electrons. The van der Waals surface area contributed by atoms with Gasteiger partial charge in [0.25, 0.3) is 0 Å². The number of benzene rings is 4. The van der Waals surface area contributed by atoms with Gasteiger partial charge in [0, 0.05) is 55.3 Å². The molecule has 2 fully saturated rings. The number of hydrogen-bond donors (Lipinski definition) is 0. The quantitative estimate of drug-likeness (QED) is 0.140. The van der Waals surface area contributed by atoms with Gasteiger partial charge in [-0.1, -0.05) is 59.6 Å². The molecule has 8 rings (SSSR count). The summed E-state index contributed by atoms with van der Waals surface area (Å²) in [6.45, 7) is 3.69. The maximum absolute atomic E-state index is 14.8. The van der Waals surface area contributed by atoms with Gasteiger partial charge < -0.3 is 0 Å². The number of aryl methyl sites for hydroxylation is 2. The Balaban J connectivity index is 0.000000167. The molecular weight excluding hydrogens is 806 g/mol. The van der Waals surface area contributed by atoms with Crippen LogP contribution in [0.25, 0.3) is 11.4 Å². The first-order valence-corrected chi connectivity index (χ1v) is 21.5. The van der Waals surface area contributed by atoms with Crippen LogP contribution in [0.15, 0.2) is 97.3 Å². The van der Waals surface area contributed by atoms with E-state index in [-0.39, 0.29) is 11.6 Å². The molecule has 6 nitrogen and oxygen atoms in total. The molecule has 0 bridgehead atoms. The Morgan fingerprint density at radius 3 is 1.31 bits per heavy atom. The fourth-order valence-corrected chi connectivity index (χ4v) is 13.9. The van der Waals surface area contributed by atoms with E-state index >= 15 is 0 Å². The van der Waals surface area contributed by atoms with Gasteiger partial charge in [-0.25, -0.2) is 18.7 Å². The summed E-state index contributed by atoms with van der Waals surface area (Å²) in [6, 6.07) is 24.8. The van der Waals surface area contributed by atoms with Crippen LogP contribution in [0.4, 0.5) is 8.78 Å². The van der Waals surface area contributed by atoms with E-state index in [1.54, 1.807) is 92.8 Å². The van der Waals surface area contributed by atoms with Crippen molar-refractivity contribution in [1.29, 1.82) is 0 Å². The Kier molecular flexibility index (Phi) is 11.7. The maximum Gasteiger partial charge on any atom is 0.168 e. The zero-order chi connectivity index (χ0) is 38.0. The first-order chi connectivity index (χ1) is 26.1. The number of nitrogens with zero attached hydrogens (tertiary/aromatic N) is 4. The van der Waals surface area contributed by atoms with Crippen LogP contribution < -0.4 is 0 Å². The summed E-state index contributed by atoms with van der Waals surface area (Å²) in [6.07, 6.45) is 4.66. The van der Waals surface area contributed by atoms with Gasteiger partial charge in [0.2, 0.25) is 0 Å². The lowest BCUT2D eigenvalue weighted by atomic mass is 10.0. The summed E-state index contributed by atoms with van der Waals surface area (Å²) in [5.74, 6) is 4.48. The molecular formula is C40H32Cl2F2N4O2S4. The van der Waals surface area contributed by atoms with Crippen LogP contribution in [-0.4, -0.2) is 54.7 Å². The smallest absolute Gasteiger partial charge is 0.168 e. The number of aldehydes is 2. The monoisotopic (exact) mass is 836 g/mol. The molecule has 0 amide bonds. The molecule has 14 heteroatoms. The van der Waals surface area contributed by atoms with E-state index in [0.29, 0.717) is 44.2 Å². The zero-order valence-corrected chi connectivity index (χ0v) is 33.7. The standard InChI is InChI=1S/2C20H16ClFN2OS2/c2*1-13-23-11-15(12-25)24(13)19-7-6-14(21)10-17(19)20(26-8-9-27-20)16-4-2-3-5-18(16)22/h2*2-7,10-12H,8-9H2,1H3. The van der Waals surface area contributed by atoms with Gasteiger partial charge in [-0.05, 0) is 62.4 Å². The highest BCUT2D eigenvalue weighted by atomic mass is 35.5. The van der Waals surface area contributed by atoms with Gasteiger partial charge in [-0.2, -0.15) is 0 Å². The van der Waals surface area contributed by atoms with Gasteiger partial charge in [-0.15, -0.1) is 47.0 Å². The van der Waals surface area contributed by atoms with E-state index in [0.717, 1.165) is 58.1 Å². The van der Waals surface area contributed by atoms with Gasteiger partial charge >= 0.3 is 0 Å². The Morgan fingerprint density at radius 1 is 0.593 bits per heavy atom. The Morgan fingerprint density at radius 2 is 0.963 bits per heavy atom. The molecule has 0 atom stereocenters. The number of carbonyl (C=O) groups excluding carboxylic acids is 2. The number of thioether (sulfide) groups is 4. The Bertz CT molecular complexity index is 2190. The first kappa shape index (κ1) is 38.7. The van der Waals surface area contributed by atoms with E-state index in [9.17, 15) is 18.4 Å². The molecule has 6 aromatic rings. The third-order valence-corrected chi connectivity index (χ3v) is 16.5. The summed E-state index contributed by atoms with van der Waals surface area (Å²) >= 11 is 19.5. The molecule has 0 N–H and O–H groups in total. The van der Waals surface area contributed by atoms with Crippen LogP contribution in [0.3, 0.4) is 0 Å². The zero-order valence-electron chi connectivity index (χ0n) is 29.0. The molecule has 4 aromatic carbocycles. The topological polar surface area (TPSA) is 69.8 Å². The average molecular weight is 838 g/mol. The molecule has 0 saturated carbocycles. The highest BCUT2D eigenvalue weighted by Crippen LogP contribution is 2.60. The minimum atomic E-state index is -0.636. The van der Waals surface area contributed by atoms with Crippen molar-refractivity contribution in [2.24, 2.45) is 0 Å². The SMILES string of the molecule is Cc1ncc(C=O)n1-c1ccc(Cl)cc1C1(c2ccccc2F)SCCS1.Cc1ncc(C=O)n1-c1ccc(Cl)cc1C1(c2ccccc2F)SCCS1. The highest BCUT2D eigenvalue weighted by Gasteiger charge is 2.45. The average Bonchev–Trinajstić information content (AvgIpc) is 4.00. The number of aromatic nitrogens is 4. The third-order valence-electron chi connectivity index (χ3n) is 9.13.